The average molecular weight is 283 g/mol. The molecule has 0 fully saturated rings. The molecule has 0 saturated carbocycles. The first-order valence-corrected chi connectivity index (χ1v) is 6.23. The fraction of sp³-hybridized carbons (Fsp3) is 0.143. The van der Waals surface area contributed by atoms with Crippen LogP contribution in [0.25, 0.3) is 0 Å². The summed E-state index contributed by atoms with van der Waals surface area (Å²) in [6, 6.07) is 14.3. The third-order valence-corrected chi connectivity index (χ3v) is 2.74. The number of hydrogen-bond donors (Lipinski definition) is 0. The summed E-state index contributed by atoms with van der Waals surface area (Å²) in [5.41, 5.74) is 0. The Labute approximate surface area is 116 Å². The standard InChI is InChI=1S/C14H12Cl2O2/c1-10(17-13-6-2-11(15)3-7-13)18-14-8-4-12(16)5-9-14/h2-10H,1H3. The van der Waals surface area contributed by atoms with E-state index in [0.29, 0.717) is 21.5 Å². The molecule has 0 unspecified atom stereocenters. The maximum Gasteiger partial charge on any atom is 0.238 e. The van der Waals surface area contributed by atoms with Gasteiger partial charge in [-0.15, -0.1) is 0 Å². The molecule has 0 bridgehead atoms. The number of rotatable bonds is 4. The zero-order chi connectivity index (χ0) is 13.0. The normalized spacial score (nSPS) is 10.4. The Kier molecular flexibility index (Phi) is 4.34. The van der Waals surface area contributed by atoms with Crippen molar-refractivity contribution in [2.24, 2.45) is 0 Å². The molecule has 2 nitrogen and oxygen atoms in total. The molecule has 0 aromatic heterocycles. The summed E-state index contributed by atoms with van der Waals surface area (Å²) < 4.78 is 11.2. The highest BCUT2D eigenvalue weighted by atomic mass is 35.5. The zero-order valence-electron chi connectivity index (χ0n) is 9.77. The van der Waals surface area contributed by atoms with Crippen LogP contribution in [0.4, 0.5) is 0 Å². The molecule has 0 aliphatic rings. The highest BCUT2D eigenvalue weighted by Crippen LogP contribution is 2.20. The van der Waals surface area contributed by atoms with Gasteiger partial charge in [-0.05, 0) is 48.5 Å². The van der Waals surface area contributed by atoms with Crippen molar-refractivity contribution < 1.29 is 9.47 Å². The van der Waals surface area contributed by atoms with Crippen LogP contribution < -0.4 is 9.47 Å². The first-order valence-electron chi connectivity index (χ1n) is 5.48. The van der Waals surface area contributed by atoms with Gasteiger partial charge in [-0.25, -0.2) is 0 Å². The lowest BCUT2D eigenvalue weighted by atomic mass is 10.3. The molecule has 0 heterocycles. The van der Waals surface area contributed by atoms with Crippen LogP contribution in [-0.4, -0.2) is 6.29 Å². The van der Waals surface area contributed by atoms with Gasteiger partial charge in [0.1, 0.15) is 11.5 Å². The Bertz CT molecular complexity index is 447. The van der Waals surface area contributed by atoms with Crippen LogP contribution in [0.1, 0.15) is 6.92 Å². The van der Waals surface area contributed by atoms with Crippen molar-refractivity contribution >= 4 is 23.2 Å². The molecule has 18 heavy (non-hydrogen) atoms. The molecule has 2 aromatic rings. The summed E-state index contributed by atoms with van der Waals surface area (Å²) in [5, 5.41) is 1.35. The Morgan fingerprint density at radius 3 is 1.39 bits per heavy atom. The molecule has 0 amide bonds. The van der Waals surface area contributed by atoms with Crippen molar-refractivity contribution in [1.29, 1.82) is 0 Å². The minimum absolute atomic E-state index is 0.396. The van der Waals surface area contributed by atoms with E-state index in [1.165, 1.54) is 0 Å². The van der Waals surface area contributed by atoms with Crippen LogP contribution in [0, 0.1) is 0 Å². The zero-order valence-corrected chi connectivity index (χ0v) is 11.3. The van der Waals surface area contributed by atoms with E-state index in [2.05, 4.69) is 0 Å². The largest absolute Gasteiger partial charge is 0.455 e. The van der Waals surface area contributed by atoms with E-state index in [1.807, 2.05) is 6.92 Å². The molecule has 0 atom stereocenters. The summed E-state index contributed by atoms with van der Waals surface area (Å²) in [4.78, 5) is 0. The van der Waals surface area contributed by atoms with Crippen LogP contribution >= 0.6 is 23.2 Å². The van der Waals surface area contributed by atoms with E-state index in [4.69, 9.17) is 32.7 Å². The lowest BCUT2D eigenvalue weighted by molar-refractivity contribution is 0.0223. The quantitative estimate of drug-likeness (QED) is 0.750. The molecule has 0 N–H and O–H groups in total. The molecule has 2 rings (SSSR count). The predicted octanol–water partition coefficient (Wildman–Crippen LogP) is 4.80. The molecular weight excluding hydrogens is 271 g/mol. The van der Waals surface area contributed by atoms with Crippen molar-refractivity contribution in [3.63, 3.8) is 0 Å². The molecular formula is C14H12Cl2O2. The molecule has 4 heteroatoms. The van der Waals surface area contributed by atoms with Crippen molar-refractivity contribution in [1.82, 2.24) is 0 Å². The monoisotopic (exact) mass is 282 g/mol. The van der Waals surface area contributed by atoms with Crippen LogP contribution in [0.15, 0.2) is 48.5 Å². The smallest absolute Gasteiger partial charge is 0.238 e. The lowest BCUT2D eigenvalue weighted by Gasteiger charge is -2.16. The van der Waals surface area contributed by atoms with Gasteiger partial charge in [0.15, 0.2) is 0 Å². The molecule has 2 aromatic carbocycles. The molecule has 0 radical (unpaired) electrons. The second-order valence-electron chi connectivity index (χ2n) is 3.71. The highest BCUT2D eigenvalue weighted by Gasteiger charge is 2.05. The minimum atomic E-state index is -0.396. The minimum Gasteiger partial charge on any atom is -0.455 e. The van der Waals surface area contributed by atoms with Crippen LogP contribution in [0.3, 0.4) is 0 Å². The summed E-state index contributed by atoms with van der Waals surface area (Å²) in [6.45, 7) is 1.82. The van der Waals surface area contributed by atoms with Gasteiger partial charge in [0.25, 0.3) is 0 Å². The van der Waals surface area contributed by atoms with Gasteiger partial charge in [0.2, 0.25) is 6.29 Å². The van der Waals surface area contributed by atoms with E-state index in [-0.39, 0.29) is 0 Å². The number of ether oxygens (including phenoxy) is 2. The predicted molar refractivity (Wildman–Crippen MR) is 73.6 cm³/mol. The first kappa shape index (κ1) is 13.1. The Morgan fingerprint density at radius 1 is 0.722 bits per heavy atom. The van der Waals surface area contributed by atoms with Crippen LogP contribution in [-0.2, 0) is 0 Å². The van der Waals surface area contributed by atoms with Gasteiger partial charge >= 0.3 is 0 Å². The number of benzene rings is 2. The van der Waals surface area contributed by atoms with Gasteiger partial charge < -0.3 is 9.47 Å². The van der Waals surface area contributed by atoms with E-state index in [1.54, 1.807) is 48.5 Å². The van der Waals surface area contributed by atoms with Crippen molar-refractivity contribution in [2.45, 2.75) is 13.2 Å². The Balaban J connectivity index is 1.94. The van der Waals surface area contributed by atoms with E-state index < -0.39 is 6.29 Å². The van der Waals surface area contributed by atoms with Gasteiger partial charge in [-0.3, -0.25) is 0 Å². The molecule has 0 aliphatic heterocycles. The SMILES string of the molecule is CC(Oc1ccc(Cl)cc1)Oc1ccc(Cl)cc1. The summed E-state index contributed by atoms with van der Waals surface area (Å²) in [7, 11) is 0. The fourth-order valence-corrected chi connectivity index (χ4v) is 1.69. The second-order valence-corrected chi connectivity index (χ2v) is 4.58. The van der Waals surface area contributed by atoms with E-state index >= 15 is 0 Å². The van der Waals surface area contributed by atoms with Crippen molar-refractivity contribution in [3.8, 4) is 11.5 Å². The second kappa shape index (κ2) is 5.98. The maximum absolute atomic E-state index is 5.79. The third-order valence-electron chi connectivity index (χ3n) is 2.23. The van der Waals surface area contributed by atoms with Crippen LogP contribution in [0.5, 0.6) is 11.5 Å². The number of halogens is 2. The number of hydrogen-bond acceptors (Lipinski definition) is 2. The average Bonchev–Trinajstić information content (AvgIpc) is 2.35. The van der Waals surface area contributed by atoms with Gasteiger partial charge in [-0.1, -0.05) is 23.2 Å². The topological polar surface area (TPSA) is 18.5 Å². The highest BCUT2D eigenvalue weighted by molar-refractivity contribution is 6.30. The Morgan fingerprint density at radius 2 is 1.06 bits per heavy atom. The molecule has 0 aliphatic carbocycles. The summed E-state index contributed by atoms with van der Waals surface area (Å²) in [5.74, 6) is 1.42. The van der Waals surface area contributed by atoms with Gasteiger partial charge in [-0.2, -0.15) is 0 Å². The van der Waals surface area contributed by atoms with Gasteiger partial charge in [0.05, 0.1) is 0 Å². The molecule has 0 saturated heterocycles. The Hall–Kier alpha value is -1.38. The molecule has 94 valence electrons. The van der Waals surface area contributed by atoms with E-state index in [0.717, 1.165) is 0 Å². The first-order chi connectivity index (χ1) is 8.63. The van der Waals surface area contributed by atoms with Crippen molar-refractivity contribution in [3.05, 3.63) is 58.6 Å². The third kappa shape index (κ3) is 3.83. The maximum atomic E-state index is 5.79. The molecule has 0 spiro atoms. The fourth-order valence-electron chi connectivity index (χ4n) is 1.43. The van der Waals surface area contributed by atoms with E-state index in [9.17, 15) is 0 Å². The van der Waals surface area contributed by atoms with Gasteiger partial charge in [0, 0.05) is 17.0 Å². The summed E-state index contributed by atoms with van der Waals surface area (Å²) >= 11 is 11.6. The van der Waals surface area contributed by atoms with Crippen molar-refractivity contribution in [2.75, 3.05) is 0 Å². The van der Waals surface area contributed by atoms with Crippen LogP contribution in [0.2, 0.25) is 10.0 Å². The lowest BCUT2D eigenvalue weighted by Crippen LogP contribution is -2.19. The summed E-state index contributed by atoms with van der Waals surface area (Å²) in [6.07, 6.45) is -0.396.